The van der Waals surface area contributed by atoms with Crippen LogP contribution in [0.15, 0.2) is 24.3 Å². The molecular formula is C18H15ClN4O5S. The maximum absolute atomic E-state index is 12.4. The number of rotatable bonds is 5. The first-order chi connectivity index (χ1) is 13.7. The number of halogens is 1. The number of nitro benzene ring substituents is 1. The second-order valence-electron chi connectivity index (χ2n) is 6.15. The Labute approximate surface area is 173 Å². The molecule has 0 atom stereocenters. The van der Waals surface area contributed by atoms with Gasteiger partial charge in [-0.1, -0.05) is 11.6 Å². The van der Waals surface area contributed by atoms with Crippen LogP contribution in [-0.2, 0) is 9.53 Å². The van der Waals surface area contributed by atoms with Gasteiger partial charge in [0.2, 0.25) is 0 Å². The van der Waals surface area contributed by atoms with E-state index in [2.05, 4.69) is 10.3 Å². The molecule has 0 saturated carbocycles. The fourth-order valence-electron chi connectivity index (χ4n) is 2.72. The number of nitrogens with two attached hydrogens (primary N) is 1. The van der Waals surface area contributed by atoms with Crippen molar-refractivity contribution < 1.29 is 19.2 Å². The summed E-state index contributed by atoms with van der Waals surface area (Å²) in [6.07, 6.45) is 0. The van der Waals surface area contributed by atoms with E-state index in [1.54, 1.807) is 0 Å². The maximum atomic E-state index is 12.4. The topological polar surface area (TPSA) is 137 Å². The number of pyridine rings is 1. The summed E-state index contributed by atoms with van der Waals surface area (Å²) in [4.78, 5) is 39.7. The molecule has 0 bridgehead atoms. The van der Waals surface area contributed by atoms with Gasteiger partial charge in [-0.3, -0.25) is 14.9 Å². The number of thiophene rings is 1. The van der Waals surface area contributed by atoms with Crippen LogP contribution >= 0.6 is 22.9 Å². The number of ether oxygens (including phenoxy) is 1. The minimum absolute atomic E-state index is 0.00968. The fourth-order valence-corrected chi connectivity index (χ4v) is 4.05. The van der Waals surface area contributed by atoms with Gasteiger partial charge in [-0.2, -0.15) is 0 Å². The van der Waals surface area contributed by atoms with Gasteiger partial charge in [0.15, 0.2) is 6.61 Å². The van der Waals surface area contributed by atoms with E-state index in [9.17, 15) is 19.7 Å². The van der Waals surface area contributed by atoms with Gasteiger partial charge in [0.1, 0.15) is 9.71 Å². The SMILES string of the molecule is Cc1cc(C)c2c(N)c(C(=O)OCC(=O)Nc3ccc([N+](=O)[O-])cc3Cl)sc2n1. The number of nitrogens with zero attached hydrogens (tertiary/aromatic N) is 2. The number of carbonyl (C=O) groups is 2. The largest absolute Gasteiger partial charge is 0.451 e. The Hall–Kier alpha value is -3.24. The third-order valence-electron chi connectivity index (χ3n) is 3.98. The number of carbonyl (C=O) groups excluding carboxylic acids is 2. The molecule has 1 aromatic carbocycles. The van der Waals surface area contributed by atoms with Crippen LogP contribution < -0.4 is 11.1 Å². The van der Waals surface area contributed by atoms with E-state index in [1.165, 1.54) is 12.1 Å². The number of anilines is 2. The van der Waals surface area contributed by atoms with Crippen molar-refractivity contribution in [1.29, 1.82) is 0 Å². The zero-order valence-electron chi connectivity index (χ0n) is 15.3. The number of amides is 1. The van der Waals surface area contributed by atoms with Crippen LogP contribution in [-0.4, -0.2) is 28.4 Å². The average molecular weight is 435 g/mol. The molecule has 0 spiro atoms. The van der Waals surface area contributed by atoms with Crippen LogP contribution in [0.4, 0.5) is 17.1 Å². The summed E-state index contributed by atoms with van der Waals surface area (Å²) in [5.74, 6) is -1.40. The molecule has 2 heterocycles. The summed E-state index contributed by atoms with van der Waals surface area (Å²) in [5.41, 5.74) is 7.99. The zero-order chi connectivity index (χ0) is 21.3. The highest BCUT2D eigenvalue weighted by Gasteiger charge is 2.21. The second kappa shape index (κ2) is 8.02. The molecule has 29 heavy (non-hydrogen) atoms. The predicted octanol–water partition coefficient (Wildman–Crippen LogP) is 3.85. The van der Waals surface area contributed by atoms with Crippen LogP contribution in [0.5, 0.6) is 0 Å². The van der Waals surface area contributed by atoms with E-state index in [1.807, 2.05) is 19.9 Å². The third-order valence-corrected chi connectivity index (χ3v) is 5.37. The molecule has 1 amide bonds. The molecule has 150 valence electrons. The fraction of sp³-hybridized carbons (Fsp3) is 0.167. The number of nitrogen functional groups attached to an aromatic ring is 1. The summed E-state index contributed by atoms with van der Waals surface area (Å²) in [6.45, 7) is 3.13. The number of nitrogens with one attached hydrogen (secondary N) is 1. The highest BCUT2D eigenvalue weighted by molar-refractivity contribution is 7.21. The number of benzene rings is 1. The Bertz CT molecular complexity index is 1160. The molecule has 0 radical (unpaired) electrons. The van der Waals surface area contributed by atoms with Gasteiger partial charge in [-0.05, 0) is 31.5 Å². The molecule has 0 aliphatic heterocycles. The first-order valence-corrected chi connectivity index (χ1v) is 9.44. The molecule has 0 aliphatic rings. The minimum atomic E-state index is -0.743. The van der Waals surface area contributed by atoms with Crippen molar-refractivity contribution in [3.05, 3.63) is 55.5 Å². The van der Waals surface area contributed by atoms with Crippen molar-refractivity contribution in [1.82, 2.24) is 4.98 Å². The molecule has 2 aromatic heterocycles. The molecule has 3 N–H and O–H groups in total. The molecule has 9 nitrogen and oxygen atoms in total. The summed E-state index contributed by atoms with van der Waals surface area (Å²) >= 11 is 7.02. The normalized spacial score (nSPS) is 10.7. The summed E-state index contributed by atoms with van der Waals surface area (Å²) in [7, 11) is 0. The highest BCUT2D eigenvalue weighted by atomic mass is 35.5. The monoisotopic (exact) mass is 434 g/mol. The smallest absolute Gasteiger partial charge is 0.351 e. The maximum Gasteiger partial charge on any atom is 0.351 e. The molecule has 0 saturated heterocycles. The third kappa shape index (κ3) is 4.28. The quantitative estimate of drug-likeness (QED) is 0.353. The number of hydrogen-bond acceptors (Lipinski definition) is 8. The van der Waals surface area contributed by atoms with E-state index in [-0.39, 0.29) is 27.0 Å². The number of non-ortho nitro benzene ring substituents is 1. The Kier molecular flexibility index (Phi) is 5.66. The van der Waals surface area contributed by atoms with Crippen LogP contribution in [0.2, 0.25) is 5.02 Å². The van der Waals surface area contributed by atoms with Crippen molar-refractivity contribution in [2.24, 2.45) is 0 Å². The number of aromatic nitrogens is 1. The van der Waals surface area contributed by atoms with Gasteiger partial charge in [0, 0.05) is 23.2 Å². The highest BCUT2D eigenvalue weighted by Crippen LogP contribution is 2.35. The summed E-state index contributed by atoms with van der Waals surface area (Å²) in [5, 5.41) is 13.8. The number of hydrogen-bond donors (Lipinski definition) is 2. The van der Waals surface area contributed by atoms with E-state index in [4.69, 9.17) is 22.1 Å². The summed E-state index contributed by atoms with van der Waals surface area (Å²) in [6, 6.07) is 5.46. The Morgan fingerprint density at radius 2 is 2.07 bits per heavy atom. The number of aryl methyl sites for hydroxylation is 2. The molecule has 3 aromatic rings. The lowest BCUT2D eigenvalue weighted by Crippen LogP contribution is -2.21. The number of fused-ring (bicyclic) bond motifs is 1. The van der Waals surface area contributed by atoms with Crippen molar-refractivity contribution in [3.63, 3.8) is 0 Å². The second-order valence-corrected chi connectivity index (χ2v) is 7.56. The Morgan fingerprint density at radius 3 is 2.72 bits per heavy atom. The lowest BCUT2D eigenvalue weighted by molar-refractivity contribution is -0.384. The molecule has 0 unspecified atom stereocenters. The number of nitro groups is 1. The van der Waals surface area contributed by atoms with Crippen molar-refractivity contribution in [2.45, 2.75) is 13.8 Å². The van der Waals surface area contributed by atoms with Gasteiger partial charge in [-0.15, -0.1) is 11.3 Å². The minimum Gasteiger partial charge on any atom is -0.451 e. The van der Waals surface area contributed by atoms with Crippen LogP contribution in [0.1, 0.15) is 20.9 Å². The molecule has 0 aliphatic carbocycles. The lowest BCUT2D eigenvalue weighted by atomic mass is 10.1. The first kappa shape index (κ1) is 20.5. The van der Waals surface area contributed by atoms with Crippen LogP contribution in [0.25, 0.3) is 10.2 Å². The molecule has 11 heteroatoms. The number of esters is 1. The Balaban J connectivity index is 1.69. The van der Waals surface area contributed by atoms with E-state index in [0.717, 1.165) is 28.7 Å². The van der Waals surface area contributed by atoms with Gasteiger partial charge in [-0.25, -0.2) is 9.78 Å². The van der Waals surface area contributed by atoms with Crippen molar-refractivity contribution in [2.75, 3.05) is 17.7 Å². The standard InChI is InChI=1S/C18H15ClN4O5S/c1-8-5-9(2)21-17-14(8)15(20)16(29-17)18(25)28-7-13(24)22-12-4-3-10(23(26)27)6-11(12)19/h3-6H,7,20H2,1-2H3,(H,22,24). The van der Waals surface area contributed by atoms with E-state index < -0.39 is 23.4 Å². The van der Waals surface area contributed by atoms with Gasteiger partial charge >= 0.3 is 5.97 Å². The van der Waals surface area contributed by atoms with Crippen molar-refractivity contribution >= 4 is 62.1 Å². The average Bonchev–Trinajstić information content (AvgIpc) is 2.97. The first-order valence-electron chi connectivity index (χ1n) is 8.24. The molecule has 0 fully saturated rings. The van der Waals surface area contributed by atoms with Gasteiger partial charge in [0.25, 0.3) is 11.6 Å². The summed E-state index contributed by atoms with van der Waals surface area (Å²) < 4.78 is 5.04. The molecular weight excluding hydrogens is 420 g/mol. The zero-order valence-corrected chi connectivity index (χ0v) is 16.9. The van der Waals surface area contributed by atoms with Crippen LogP contribution in [0, 0.1) is 24.0 Å². The Morgan fingerprint density at radius 1 is 1.34 bits per heavy atom. The predicted molar refractivity (Wildman–Crippen MR) is 111 cm³/mol. The van der Waals surface area contributed by atoms with E-state index in [0.29, 0.717) is 10.2 Å². The van der Waals surface area contributed by atoms with E-state index >= 15 is 0 Å². The van der Waals surface area contributed by atoms with Crippen molar-refractivity contribution in [3.8, 4) is 0 Å². The lowest BCUT2D eigenvalue weighted by Gasteiger charge is -2.08. The van der Waals surface area contributed by atoms with Gasteiger partial charge in [0.05, 0.1) is 21.3 Å². The molecule has 3 rings (SSSR count). The van der Waals surface area contributed by atoms with Crippen LogP contribution in [0.3, 0.4) is 0 Å². The van der Waals surface area contributed by atoms with Gasteiger partial charge < -0.3 is 15.8 Å².